The number of hydrogen-bond donors (Lipinski definition) is 1. The predicted molar refractivity (Wildman–Crippen MR) is 81.3 cm³/mol. The summed E-state index contributed by atoms with van der Waals surface area (Å²) < 4.78 is 12.1. The van der Waals surface area contributed by atoms with E-state index in [0.717, 1.165) is 49.6 Å². The summed E-state index contributed by atoms with van der Waals surface area (Å²) in [5.74, 6) is 2.38. The molecule has 1 saturated heterocycles. The third kappa shape index (κ3) is 2.83. The summed E-state index contributed by atoms with van der Waals surface area (Å²) in [6.45, 7) is 7.08. The Labute approximate surface area is 121 Å². The zero-order valence-electron chi connectivity index (χ0n) is 12.3. The Bertz CT molecular complexity index is 502. The number of hydrogen-bond acceptors (Lipinski definition) is 3. The quantitative estimate of drug-likeness (QED) is 0.917. The third-order valence-corrected chi connectivity index (χ3v) is 3.90. The fraction of sp³-hybridized carbons (Fsp3) is 0.529. The Morgan fingerprint density at radius 1 is 1.30 bits per heavy atom. The molecule has 3 nitrogen and oxygen atoms in total. The number of nitrogens with one attached hydrogen (secondary N) is 1. The van der Waals surface area contributed by atoms with Crippen LogP contribution in [0.4, 0.5) is 0 Å². The van der Waals surface area contributed by atoms with Crippen molar-refractivity contribution in [1.29, 1.82) is 0 Å². The molecule has 1 fully saturated rings. The maximum absolute atomic E-state index is 6.30. The summed E-state index contributed by atoms with van der Waals surface area (Å²) in [5.41, 5.74) is 1.03. The first-order valence-corrected chi connectivity index (χ1v) is 7.53. The molecule has 0 bridgehead atoms. The number of rotatable bonds is 3. The number of fused-ring (bicyclic) bond motifs is 1. The van der Waals surface area contributed by atoms with Gasteiger partial charge in [0.05, 0.1) is 6.61 Å². The van der Waals surface area contributed by atoms with Crippen molar-refractivity contribution in [1.82, 2.24) is 5.32 Å². The standard InChI is InChI=1S/C17H23NO2/c1-13(2)12-19-15-4-3-14-5-6-17(20-16(14)11-15)7-9-18-10-8-17/h3-6,11,13,18H,7-10,12H2,1-2H3. The van der Waals surface area contributed by atoms with E-state index in [0.29, 0.717) is 5.92 Å². The molecule has 1 spiro atoms. The molecule has 2 aliphatic heterocycles. The Morgan fingerprint density at radius 2 is 2.10 bits per heavy atom. The van der Waals surface area contributed by atoms with Gasteiger partial charge in [-0.25, -0.2) is 0 Å². The van der Waals surface area contributed by atoms with Crippen LogP contribution in [-0.2, 0) is 0 Å². The van der Waals surface area contributed by atoms with E-state index >= 15 is 0 Å². The zero-order chi connectivity index (χ0) is 14.0. The first-order chi connectivity index (χ1) is 9.67. The van der Waals surface area contributed by atoms with Gasteiger partial charge in [-0.2, -0.15) is 0 Å². The van der Waals surface area contributed by atoms with Crippen molar-refractivity contribution in [3.8, 4) is 11.5 Å². The lowest BCUT2D eigenvalue weighted by Crippen LogP contribution is -2.45. The summed E-state index contributed by atoms with van der Waals surface area (Å²) in [6, 6.07) is 6.13. The summed E-state index contributed by atoms with van der Waals surface area (Å²) in [5, 5.41) is 3.39. The number of piperidine rings is 1. The molecule has 1 aromatic carbocycles. The molecule has 20 heavy (non-hydrogen) atoms. The first-order valence-electron chi connectivity index (χ1n) is 7.53. The minimum Gasteiger partial charge on any atom is -0.493 e. The van der Waals surface area contributed by atoms with E-state index in [1.54, 1.807) is 0 Å². The second-order valence-corrected chi connectivity index (χ2v) is 6.15. The summed E-state index contributed by atoms with van der Waals surface area (Å²) in [6.07, 6.45) is 6.47. The highest BCUT2D eigenvalue weighted by Crippen LogP contribution is 2.37. The molecule has 2 aliphatic rings. The van der Waals surface area contributed by atoms with Crippen LogP contribution >= 0.6 is 0 Å². The van der Waals surface area contributed by atoms with Gasteiger partial charge in [0, 0.05) is 24.5 Å². The van der Waals surface area contributed by atoms with Gasteiger partial charge in [-0.1, -0.05) is 19.9 Å². The Morgan fingerprint density at radius 3 is 2.85 bits per heavy atom. The van der Waals surface area contributed by atoms with Crippen LogP contribution in [0.15, 0.2) is 24.3 Å². The summed E-state index contributed by atoms with van der Waals surface area (Å²) in [4.78, 5) is 0. The monoisotopic (exact) mass is 273 g/mol. The van der Waals surface area contributed by atoms with Gasteiger partial charge in [-0.15, -0.1) is 0 Å². The lowest BCUT2D eigenvalue weighted by Gasteiger charge is -2.38. The van der Waals surface area contributed by atoms with Crippen LogP contribution < -0.4 is 14.8 Å². The third-order valence-electron chi connectivity index (χ3n) is 3.90. The van der Waals surface area contributed by atoms with E-state index in [1.165, 1.54) is 0 Å². The molecule has 3 heteroatoms. The molecule has 3 rings (SSSR count). The largest absolute Gasteiger partial charge is 0.493 e. The maximum atomic E-state index is 6.30. The molecular formula is C17H23NO2. The molecule has 0 saturated carbocycles. The lowest BCUT2D eigenvalue weighted by atomic mass is 9.89. The minimum atomic E-state index is -0.116. The topological polar surface area (TPSA) is 30.5 Å². The van der Waals surface area contributed by atoms with E-state index in [9.17, 15) is 0 Å². The van der Waals surface area contributed by atoms with Gasteiger partial charge >= 0.3 is 0 Å². The van der Waals surface area contributed by atoms with Crippen LogP contribution in [0.2, 0.25) is 0 Å². The zero-order valence-corrected chi connectivity index (χ0v) is 12.3. The van der Waals surface area contributed by atoms with Crippen LogP contribution in [0, 0.1) is 5.92 Å². The molecule has 0 aliphatic carbocycles. The van der Waals surface area contributed by atoms with Crippen LogP contribution in [0.1, 0.15) is 32.3 Å². The van der Waals surface area contributed by atoms with E-state index in [2.05, 4.69) is 37.4 Å². The second-order valence-electron chi connectivity index (χ2n) is 6.15. The van der Waals surface area contributed by atoms with Crippen LogP contribution in [0.25, 0.3) is 6.08 Å². The fourth-order valence-corrected chi connectivity index (χ4v) is 2.71. The predicted octanol–water partition coefficient (Wildman–Crippen LogP) is 3.25. The van der Waals surface area contributed by atoms with Crippen molar-refractivity contribution in [2.75, 3.05) is 19.7 Å². The lowest BCUT2D eigenvalue weighted by molar-refractivity contribution is 0.0819. The molecule has 2 heterocycles. The molecule has 0 amide bonds. The molecule has 108 valence electrons. The fourth-order valence-electron chi connectivity index (χ4n) is 2.71. The van der Waals surface area contributed by atoms with Crippen LogP contribution in [0.5, 0.6) is 11.5 Å². The van der Waals surface area contributed by atoms with Gasteiger partial charge in [0.2, 0.25) is 0 Å². The Balaban J connectivity index is 1.78. The highest BCUT2D eigenvalue weighted by molar-refractivity contribution is 5.62. The first kappa shape index (κ1) is 13.5. The van der Waals surface area contributed by atoms with Crippen LogP contribution in [-0.4, -0.2) is 25.3 Å². The van der Waals surface area contributed by atoms with Crippen molar-refractivity contribution in [2.45, 2.75) is 32.3 Å². The van der Waals surface area contributed by atoms with Gasteiger partial charge in [-0.05, 0) is 37.2 Å². The van der Waals surface area contributed by atoms with Crippen molar-refractivity contribution in [2.24, 2.45) is 5.92 Å². The van der Waals surface area contributed by atoms with E-state index in [4.69, 9.17) is 9.47 Å². The van der Waals surface area contributed by atoms with Gasteiger partial charge in [-0.3, -0.25) is 0 Å². The Kier molecular flexibility index (Phi) is 3.70. The van der Waals surface area contributed by atoms with E-state index < -0.39 is 0 Å². The maximum Gasteiger partial charge on any atom is 0.131 e. The van der Waals surface area contributed by atoms with Gasteiger partial charge in [0.1, 0.15) is 17.1 Å². The van der Waals surface area contributed by atoms with Gasteiger partial charge in [0.15, 0.2) is 0 Å². The molecule has 1 N–H and O–H groups in total. The van der Waals surface area contributed by atoms with Gasteiger partial charge < -0.3 is 14.8 Å². The van der Waals surface area contributed by atoms with Crippen LogP contribution in [0.3, 0.4) is 0 Å². The average molecular weight is 273 g/mol. The molecule has 1 aromatic rings. The molecule has 0 radical (unpaired) electrons. The molecule has 0 unspecified atom stereocenters. The highest BCUT2D eigenvalue weighted by Gasteiger charge is 2.34. The smallest absolute Gasteiger partial charge is 0.131 e. The molecular weight excluding hydrogens is 250 g/mol. The van der Waals surface area contributed by atoms with Crippen molar-refractivity contribution in [3.63, 3.8) is 0 Å². The van der Waals surface area contributed by atoms with Crippen molar-refractivity contribution >= 4 is 6.08 Å². The average Bonchev–Trinajstić information content (AvgIpc) is 2.45. The summed E-state index contributed by atoms with van der Waals surface area (Å²) in [7, 11) is 0. The minimum absolute atomic E-state index is 0.116. The molecule has 0 atom stereocenters. The Hall–Kier alpha value is -1.48. The van der Waals surface area contributed by atoms with E-state index in [-0.39, 0.29) is 5.60 Å². The summed E-state index contributed by atoms with van der Waals surface area (Å²) >= 11 is 0. The SMILES string of the molecule is CC(C)COc1ccc2c(c1)OC1(C=C2)CCNCC1. The van der Waals surface area contributed by atoms with Gasteiger partial charge in [0.25, 0.3) is 0 Å². The second kappa shape index (κ2) is 5.49. The number of ether oxygens (including phenoxy) is 2. The normalized spacial score (nSPS) is 19.8. The van der Waals surface area contributed by atoms with Crippen molar-refractivity contribution < 1.29 is 9.47 Å². The molecule has 0 aromatic heterocycles. The highest BCUT2D eigenvalue weighted by atomic mass is 16.5. The van der Waals surface area contributed by atoms with E-state index in [1.807, 2.05) is 12.1 Å². The van der Waals surface area contributed by atoms with Crippen molar-refractivity contribution in [3.05, 3.63) is 29.8 Å². The number of benzene rings is 1.